The molecule has 2 heteroatoms. The molecule has 0 aliphatic rings. The molecule has 410 valence electrons. The number of nitrogens with zero attached hydrogens (tertiary/aromatic N) is 2. The van der Waals surface area contributed by atoms with Gasteiger partial charge in [-0.3, -0.25) is 0 Å². The van der Waals surface area contributed by atoms with Gasteiger partial charge in [0.1, 0.15) is 0 Å². The Morgan fingerprint density at radius 2 is 0.357 bits per heavy atom. The van der Waals surface area contributed by atoms with Gasteiger partial charge >= 0.3 is 0 Å². The van der Waals surface area contributed by atoms with E-state index in [0.717, 1.165) is 34.1 Å². The maximum absolute atomic E-state index is 2.52. The third kappa shape index (κ3) is 9.22. The fourth-order valence-corrected chi connectivity index (χ4v) is 13.7. The maximum atomic E-state index is 2.52. The van der Waals surface area contributed by atoms with Crippen LogP contribution < -0.4 is 9.80 Å². The molecule has 0 heterocycles. The predicted molar refractivity (Wildman–Crippen MR) is 360 cm³/mol. The van der Waals surface area contributed by atoms with Gasteiger partial charge in [0.15, 0.2) is 0 Å². The fraction of sp³-hybridized carbons (Fsp3) is 0.146. The van der Waals surface area contributed by atoms with Gasteiger partial charge < -0.3 is 9.80 Å². The van der Waals surface area contributed by atoms with E-state index in [2.05, 4.69) is 356 Å². The monoisotopic (exact) mass is 1080 g/mol. The zero-order valence-electron chi connectivity index (χ0n) is 49.6. The third-order valence-electron chi connectivity index (χ3n) is 18.6. The fourth-order valence-electron chi connectivity index (χ4n) is 13.7. The van der Waals surface area contributed by atoms with Gasteiger partial charge in [0.2, 0.25) is 0 Å². The first-order valence-corrected chi connectivity index (χ1v) is 29.8. The lowest BCUT2D eigenvalue weighted by atomic mass is 9.75. The van der Waals surface area contributed by atoms with Crippen molar-refractivity contribution in [1.29, 1.82) is 0 Å². The average Bonchev–Trinajstić information content (AvgIpc) is 1.23. The summed E-state index contributed by atoms with van der Waals surface area (Å²) >= 11 is 0. The van der Waals surface area contributed by atoms with Gasteiger partial charge in [0.25, 0.3) is 0 Å². The van der Waals surface area contributed by atoms with Crippen LogP contribution in [0.5, 0.6) is 0 Å². The van der Waals surface area contributed by atoms with Crippen molar-refractivity contribution in [2.24, 2.45) is 0 Å². The van der Waals surface area contributed by atoms with E-state index >= 15 is 0 Å². The Balaban J connectivity index is 1.04. The first-order chi connectivity index (χ1) is 40.7. The molecule has 2 nitrogen and oxygen atoms in total. The molecule has 13 rings (SSSR count). The van der Waals surface area contributed by atoms with Crippen LogP contribution in [0.15, 0.2) is 291 Å². The minimum absolute atomic E-state index is 0.258. The SMILES string of the molecule is CC(C)(c1ccccc1)c1ccc(N(c2ccc(N(c3ccc(C(C)(C)c4ccccc4)c4ccccc34)c3ccc(C(C)(C)c4ccccc4)c4ccccc34)cc2)c2ccc(C(C)(C)c3ccccc3)c3ccccc23)c2ccccc12. The van der Waals surface area contributed by atoms with Crippen molar-refractivity contribution in [2.75, 3.05) is 9.80 Å². The third-order valence-corrected chi connectivity index (χ3v) is 18.6. The van der Waals surface area contributed by atoms with E-state index in [-0.39, 0.29) is 21.7 Å². The predicted octanol–water partition coefficient (Wildman–Crippen LogP) is 22.5. The summed E-state index contributed by atoms with van der Waals surface area (Å²) in [5, 5.41) is 9.71. The summed E-state index contributed by atoms with van der Waals surface area (Å²) in [6.07, 6.45) is 0. The summed E-state index contributed by atoms with van der Waals surface area (Å²) in [5.41, 5.74) is 15.9. The van der Waals surface area contributed by atoms with E-state index in [1.54, 1.807) is 0 Å². The molecule has 0 saturated carbocycles. The molecule has 0 amide bonds. The van der Waals surface area contributed by atoms with E-state index in [1.165, 1.54) is 87.6 Å². The Bertz CT molecular complexity index is 3960. The molecule has 0 saturated heterocycles. The van der Waals surface area contributed by atoms with Crippen molar-refractivity contribution in [3.05, 3.63) is 336 Å². The van der Waals surface area contributed by atoms with Gasteiger partial charge in [0.05, 0.1) is 22.7 Å². The van der Waals surface area contributed by atoms with E-state index < -0.39 is 0 Å². The number of fused-ring (bicyclic) bond motifs is 4. The van der Waals surface area contributed by atoms with Gasteiger partial charge in [-0.15, -0.1) is 0 Å². The maximum Gasteiger partial charge on any atom is 0.0540 e. The lowest BCUT2D eigenvalue weighted by Crippen LogP contribution is -2.21. The molecular weight excluding hydrogens is 1010 g/mol. The van der Waals surface area contributed by atoms with Crippen LogP contribution in [-0.4, -0.2) is 0 Å². The first kappa shape index (κ1) is 53.8. The minimum atomic E-state index is -0.258. The van der Waals surface area contributed by atoms with Crippen molar-refractivity contribution in [1.82, 2.24) is 0 Å². The van der Waals surface area contributed by atoms with Gasteiger partial charge in [-0.1, -0.05) is 298 Å². The lowest BCUT2D eigenvalue weighted by Gasteiger charge is -2.34. The van der Waals surface area contributed by atoms with E-state index in [4.69, 9.17) is 0 Å². The first-order valence-electron chi connectivity index (χ1n) is 29.8. The largest absolute Gasteiger partial charge is 0.309 e. The number of benzene rings is 13. The summed E-state index contributed by atoms with van der Waals surface area (Å²) in [6.45, 7) is 18.8. The smallest absolute Gasteiger partial charge is 0.0540 e. The zero-order valence-corrected chi connectivity index (χ0v) is 49.6. The molecule has 0 unspecified atom stereocenters. The zero-order chi connectivity index (χ0) is 57.8. The van der Waals surface area contributed by atoms with E-state index in [0.29, 0.717) is 0 Å². The second-order valence-corrected chi connectivity index (χ2v) is 24.9. The van der Waals surface area contributed by atoms with Crippen molar-refractivity contribution >= 4 is 77.2 Å². The summed E-state index contributed by atoms with van der Waals surface area (Å²) in [6, 6.07) is 108. The van der Waals surface area contributed by atoms with Gasteiger partial charge in [0, 0.05) is 54.6 Å². The molecule has 0 N–H and O–H groups in total. The molecular formula is C82H72N2. The highest BCUT2D eigenvalue weighted by atomic mass is 15.2. The van der Waals surface area contributed by atoms with Crippen molar-refractivity contribution in [3.8, 4) is 0 Å². The highest BCUT2D eigenvalue weighted by Crippen LogP contribution is 2.51. The van der Waals surface area contributed by atoms with E-state index in [1.807, 2.05) is 0 Å². The molecule has 13 aromatic rings. The Morgan fingerprint density at radius 3 is 0.560 bits per heavy atom. The van der Waals surface area contributed by atoms with Gasteiger partial charge in [-0.25, -0.2) is 0 Å². The average molecular weight is 1090 g/mol. The van der Waals surface area contributed by atoms with Crippen LogP contribution in [0.4, 0.5) is 34.1 Å². The molecule has 0 radical (unpaired) electrons. The van der Waals surface area contributed by atoms with Crippen molar-refractivity contribution < 1.29 is 0 Å². The molecule has 0 aliphatic heterocycles. The van der Waals surface area contributed by atoms with Crippen LogP contribution in [0.25, 0.3) is 43.1 Å². The van der Waals surface area contributed by atoms with Gasteiger partial charge in [-0.2, -0.15) is 0 Å². The highest BCUT2D eigenvalue weighted by Gasteiger charge is 2.33. The molecule has 0 aromatic heterocycles. The molecule has 0 atom stereocenters. The number of anilines is 6. The minimum Gasteiger partial charge on any atom is -0.309 e. The summed E-state index contributed by atoms with van der Waals surface area (Å²) < 4.78 is 0. The second-order valence-electron chi connectivity index (χ2n) is 24.9. The molecule has 0 fully saturated rings. The lowest BCUT2D eigenvalue weighted by molar-refractivity contribution is 0.647. The number of hydrogen-bond donors (Lipinski definition) is 0. The quantitative estimate of drug-likeness (QED) is 0.107. The molecule has 84 heavy (non-hydrogen) atoms. The Kier molecular flexibility index (Phi) is 13.7. The van der Waals surface area contributed by atoms with Crippen molar-refractivity contribution in [2.45, 2.75) is 77.0 Å². The van der Waals surface area contributed by atoms with Crippen molar-refractivity contribution in [3.63, 3.8) is 0 Å². The Hall–Kier alpha value is -9.50. The Labute approximate surface area is 497 Å². The normalized spacial score (nSPS) is 12.3. The second kappa shape index (κ2) is 21.4. The van der Waals surface area contributed by atoms with Crippen LogP contribution in [0, 0.1) is 0 Å². The standard InChI is InChI=1S/C82H72N2/c1-79(2,57-29-13-9-14-30-57)71-49-53-75(67-41-25-21-37-63(67)71)83(76-54-50-72(64-38-22-26-42-68(64)76)80(3,4)58-31-15-10-16-32-58)61-45-47-62(48-46-61)84(77-55-51-73(65-39-23-27-43-69(65)77)81(5,6)59-33-17-11-18-34-59)78-56-52-74(66-40-24-28-44-70(66)78)82(7,8)60-35-19-12-20-36-60/h9-56H,1-8H3. The summed E-state index contributed by atoms with van der Waals surface area (Å²) in [7, 11) is 0. The van der Waals surface area contributed by atoms with Crippen LogP contribution in [0.3, 0.4) is 0 Å². The number of rotatable bonds is 14. The van der Waals surface area contributed by atoms with Crippen LogP contribution in [0.1, 0.15) is 99.9 Å². The topological polar surface area (TPSA) is 6.48 Å². The molecule has 0 spiro atoms. The molecule has 0 aliphatic carbocycles. The van der Waals surface area contributed by atoms with Crippen LogP contribution in [-0.2, 0) is 21.7 Å². The highest BCUT2D eigenvalue weighted by molar-refractivity contribution is 6.09. The summed E-state index contributed by atoms with van der Waals surface area (Å²) in [5.74, 6) is 0. The Morgan fingerprint density at radius 1 is 0.179 bits per heavy atom. The van der Waals surface area contributed by atoms with Gasteiger partial charge in [-0.05, 0) is 115 Å². The van der Waals surface area contributed by atoms with Crippen LogP contribution in [0.2, 0.25) is 0 Å². The van der Waals surface area contributed by atoms with E-state index in [9.17, 15) is 0 Å². The summed E-state index contributed by atoms with van der Waals surface area (Å²) in [4.78, 5) is 5.03. The number of hydrogen-bond acceptors (Lipinski definition) is 2. The van der Waals surface area contributed by atoms with Crippen LogP contribution >= 0.6 is 0 Å². The molecule has 0 bridgehead atoms. The molecule has 13 aromatic carbocycles.